The van der Waals surface area contributed by atoms with Gasteiger partial charge in [0.25, 0.3) is 0 Å². The van der Waals surface area contributed by atoms with Crippen molar-refractivity contribution in [2.75, 3.05) is 53.0 Å². The van der Waals surface area contributed by atoms with Crippen LogP contribution in [0.3, 0.4) is 0 Å². The SMILES string of the molecule is CCNC(=NCC(c1cccs1)N1CCOCC1)NCCc1cc(C)ccc1OC.I. The van der Waals surface area contributed by atoms with Gasteiger partial charge in [-0.1, -0.05) is 23.8 Å². The lowest BCUT2D eigenvalue weighted by atomic mass is 10.1. The molecule has 2 heterocycles. The Morgan fingerprint density at radius 3 is 2.74 bits per heavy atom. The first-order chi connectivity index (χ1) is 14.7. The van der Waals surface area contributed by atoms with Gasteiger partial charge in [-0.15, -0.1) is 35.3 Å². The second-order valence-electron chi connectivity index (χ2n) is 7.39. The molecule has 1 saturated heterocycles. The fourth-order valence-corrected chi connectivity index (χ4v) is 4.55. The summed E-state index contributed by atoms with van der Waals surface area (Å²) >= 11 is 1.80. The first-order valence-electron chi connectivity index (χ1n) is 10.7. The molecular formula is C23H35IN4O2S. The molecule has 1 aliphatic rings. The number of thiophene rings is 1. The third kappa shape index (κ3) is 7.93. The Labute approximate surface area is 207 Å². The lowest BCUT2D eigenvalue weighted by molar-refractivity contribution is 0.0186. The molecule has 3 rings (SSSR count). The number of ether oxygens (including phenoxy) is 2. The number of aliphatic imine (C=N–C) groups is 1. The van der Waals surface area contributed by atoms with E-state index in [9.17, 15) is 0 Å². The molecule has 1 fully saturated rings. The van der Waals surface area contributed by atoms with Crippen LogP contribution in [-0.4, -0.2) is 63.9 Å². The van der Waals surface area contributed by atoms with Gasteiger partial charge in [0.2, 0.25) is 0 Å². The summed E-state index contributed by atoms with van der Waals surface area (Å²) in [6.07, 6.45) is 0.882. The zero-order valence-electron chi connectivity index (χ0n) is 18.7. The molecule has 0 spiro atoms. The summed E-state index contributed by atoms with van der Waals surface area (Å²) in [7, 11) is 1.73. The number of nitrogens with one attached hydrogen (secondary N) is 2. The molecule has 6 nitrogen and oxygen atoms in total. The number of methoxy groups -OCH3 is 1. The van der Waals surface area contributed by atoms with Gasteiger partial charge in [-0.3, -0.25) is 9.89 Å². The molecule has 172 valence electrons. The van der Waals surface area contributed by atoms with Crippen LogP contribution in [0.15, 0.2) is 40.7 Å². The highest BCUT2D eigenvalue weighted by Crippen LogP contribution is 2.26. The van der Waals surface area contributed by atoms with E-state index in [1.807, 2.05) is 6.07 Å². The average Bonchev–Trinajstić information content (AvgIpc) is 3.29. The highest BCUT2D eigenvalue weighted by Gasteiger charge is 2.23. The number of guanidine groups is 1. The van der Waals surface area contributed by atoms with Crippen molar-refractivity contribution in [1.82, 2.24) is 15.5 Å². The summed E-state index contributed by atoms with van der Waals surface area (Å²) in [5.41, 5.74) is 2.46. The maximum absolute atomic E-state index is 5.54. The van der Waals surface area contributed by atoms with Crippen LogP contribution in [0.1, 0.15) is 29.0 Å². The first kappa shape index (κ1) is 25.9. The summed E-state index contributed by atoms with van der Waals surface area (Å²) in [5.74, 6) is 1.80. The third-order valence-corrected chi connectivity index (χ3v) is 6.22. The summed E-state index contributed by atoms with van der Waals surface area (Å²) in [5, 5.41) is 9.01. The van der Waals surface area contributed by atoms with Crippen molar-refractivity contribution in [2.24, 2.45) is 4.99 Å². The predicted molar refractivity (Wildman–Crippen MR) is 140 cm³/mol. The minimum Gasteiger partial charge on any atom is -0.496 e. The van der Waals surface area contributed by atoms with E-state index in [4.69, 9.17) is 14.5 Å². The van der Waals surface area contributed by atoms with Crippen LogP contribution in [-0.2, 0) is 11.2 Å². The van der Waals surface area contributed by atoms with Crippen LogP contribution in [0.25, 0.3) is 0 Å². The Bertz CT molecular complexity index is 795. The maximum Gasteiger partial charge on any atom is 0.191 e. The smallest absolute Gasteiger partial charge is 0.191 e. The molecule has 31 heavy (non-hydrogen) atoms. The predicted octanol–water partition coefficient (Wildman–Crippen LogP) is 3.85. The standard InChI is InChI=1S/C23H34N4O2S.HI/c1-4-24-23(25-10-9-19-16-18(2)7-8-21(19)28-3)26-17-20(22-6-5-15-30-22)27-11-13-29-14-12-27;/h5-8,15-16,20H,4,9-14,17H2,1-3H3,(H2,24,25,26);1H. The van der Waals surface area contributed by atoms with E-state index in [1.54, 1.807) is 18.4 Å². The Balaban J connectivity index is 0.00000341. The molecule has 8 heteroatoms. The largest absolute Gasteiger partial charge is 0.496 e. The molecule has 0 amide bonds. The van der Waals surface area contributed by atoms with Crippen LogP contribution in [0.5, 0.6) is 5.75 Å². The molecular weight excluding hydrogens is 523 g/mol. The van der Waals surface area contributed by atoms with Gasteiger partial charge in [-0.2, -0.15) is 0 Å². The molecule has 0 aliphatic carbocycles. The van der Waals surface area contributed by atoms with E-state index < -0.39 is 0 Å². The zero-order chi connectivity index (χ0) is 21.2. The van der Waals surface area contributed by atoms with Gasteiger partial charge in [-0.05, 0) is 43.3 Å². The summed E-state index contributed by atoms with van der Waals surface area (Å²) < 4.78 is 11.0. The van der Waals surface area contributed by atoms with Gasteiger partial charge in [0.15, 0.2) is 5.96 Å². The van der Waals surface area contributed by atoms with E-state index >= 15 is 0 Å². The molecule has 1 aromatic heterocycles. The Hall–Kier alpha value is -1.36. The van der Waals surface area contributed by atoms with Crippen LogP contribution < -0.4 is 15.4 Å². The topological polar surface area (TPSA) is 58.1 Å². The van der Waals surface area contributed by atoms with Gasteiger partial charge in [0, 0.05) is 31.1 Å². The van der Waals surface area contributed by atoms with Crippen molar-refractivity contribution in [3.05, 3.63) is 51.7 Å². The van der Waals surface area contributed by atoms with E-state index in [1.165, 1.54) is 16.0 Å². The zero-order valence-corrected chi connectivity index (χ0v) is 21.9. The van der Waals surface area contributed by atoms with Gasteiger partial charge >= 0.3 is 0 Å². The van der Waals surface area contributed by atoms with Crippen molar-refractivity contribution in [1.29, 1.82) is 0 Å². The van der Waals surface area contributed by atoms with Gasteiger partial charge in [-0.25, -0.2) is 0 Å². The summed E-state index contributed by atoms with van der Waals surface area (Å²) in [6.45, 7) is 10.1. The molecule has 1 unspecified atom stereocenters. The van der Waals surface area contributed by atoms with Crippen LogP contribution in [0.2, 0.25) is 0 Å². The second-order valence-corrected chi connectivity index (χ2v) is 8.37. The number of hydrogen-bond donors (Lipinski definition) is 2. The van der Waals surface area contributed by atoms with Crippen molar-refractivity contribution < 1.29 is 9.47 Å². The molecule has 2 aromatic rings. The molecule has 1 atom stereocenters. The minimum absolute atomic E-state index is 0. The minimum atomic E-state index is 0. The number of benzene rings is 1. The van der Waals surface area contributed by atoms with Gasteiger partial charge in [0.1, 0.15) is 5.75 Å². The average molecular weight is 559 g/mol. The highest BCUT2D eigenvalue weighted by atomic mass is 127. The second kappa shape index (κ2) is 13.9. The Morgan fingerprint density at radius 1 is 1.26 bits per heavy atom. The normalized spacial score (nSPS) is 15.8. The molecule has 0 bridgehead atoms. The van der Waals surface area contributed by atoms with Crippen molar-refractivity contribution in [2.45, 2.75) is 26.3 Å². The number of aryl methyl sites for hydroxylation is 1. The molecule has 2 N–H and O–H groups in total. The first-order valence-corrected chi connectivity index (χ1v) is 11.6. The lowest BCUT2D eigenvalue weighted by Gasteiger charge is -2.33. The van der Waals surface area contributed by atoms with E-state index in [0.29, 0.717) is 6.04 Å². The van der Waals surface area contributed by atoms with Crippen molar-refractivity contribution in [3.8, 4) is 5.75 Å². The third-order valence-electron chi connectivity index (χ3n) is 5.25. The van der Waals surface area contributed by atoms with E-state index in [-0.39, 0.29) is 24.0 Å². The maximum atomic E-state index is 5.54. The Kier molecular flexibility index (Phi) is 11.6. The van der Waals surface area contributed by atoms with Crippen LogP contribution in [0, 0.1) is 6.92 Å². The highest BCUT2D eigenvalue weighted by molar-refractivity contribution is 14.0. The van der Waals surface area contributed by atoms with Crippen LogP contribution in [0.4, 0.5) is 0 Å². The van der Waals surface area contributed by atoms with Crippen molar-refractivity contribution in [3.63, 3.8) is 0 Å². The molecule has 1 aromatic carbocycles. The van der Waals surface area contributed by atoms with Crippen molar-refractivity contribution >= 4 is 41.3 Å². The summed E-state index contributed by atoms with van der Waals surface area (Å²) in [6, 6.07) is 10.9. The fourth-order valence-electron chi connectivity index (χ4n) is 3.69. The Morgan fingerprint density at radius 2 is 2.06 bits per heavy atom. The number of hydrogen-bond acceptors (Lipinski definition) is 5. The molecule has 0 radical (unpaired) electrons. The lowest BCUT2D eigenvalue weighted by Crippen LogP contribution is -2.42. The molecule has 1 aliphatic heterocycles. The van der Waals surface area contributed by atoms with Gasteiger partial charge in [0.05, 0.1) is 32.9 Å². The number of halogens is 1. The fraction of sp³-hybridized carbons (Fsp3) is 0.522. The molecule has 0 saturated carbocycles. The van der Waals surface area contributed by atoms with Crippen LogP contribution >= 0.6 is 35.3 Å². The monoisotopic (exact) mass is 558 g/mol. The number of morpholine rings is 1. The quantitative estimate of drug-likeness (QED) is 0.278. The van der Waals surface area contributed by atoms with E-state index in [2.05, 4.69) is 59.0 Å². The summed E-state index contributed by atoms with van der Waals surface area (Å²) in [4.78, 5) is 8.77. The van der Waals surface area contributed by atoms with Gasteiger partial charge < -0.3 is 20.1 Å². The number of rotatable bonds is 9. The van der Waals surface area contributed by atoms with E-state index in [0.717, 1.165) is 64.1 Å². The number of nitrogens with zero attached hydrogens (tertiary/aromatic N) is 2.